The Hall–Kier alpha value is -1.49. The van der Waals surface area contributed by atoms with Gasteiger partial charge in [-0.25, -0.2) is 0 Å². The summed E-state index contributed by atoms with van der Waals surface area (Å²) in [6, 6.07) is 9.65. The van der Waals surface area contributed by atoms with Crippen LogP contribution in [-0.4, -0.2) is 11.5 Å². The van der Waals surface area contributed by atoms with E-state index in [4.69, 9.17) is 34.8 Å². The minimum absolute atomic E-state index is 0.0358. The van der Waals surface area contributed by atoms with Gasteiger partial charge >= 0.3 is 0 Å². The van der Waals surface area contributed by atoms with Crippen LogP contribution in [0, 0.1) is 10.1 Å². The molecule has 0 radical (unpaired) electrons. The van der Waals surface area contributed by atoms with Gasteiger partial charge in [0.25, 0.3) is 5.69 Å². The van der Waals surface area contributed by atoms with Crippen molar-refractivity contribution in [3.63, 3.8) is 0 Å². The summed E-state index contributed by atoms with van der Waals surface area (Å²) in [6.45, 7) is 0.596. The van der Waals surface area contributed by atoms with Crippen molar-refractivity contribution >= 4 is 46.2 Å². The number of nitrogens with one attached hydrogen (secondary N) is 1. The molecule has 110 valence electrons. The van der Waals surface area contributed by atoms with Gasteiger partial charge in [0.2, 0.25) is 0 Å². The number of hydrogen-bond acceptors (Lipinski definition) is 3. The molecule has 0 saturated heterocycles. The van der Waals surface area contributed by atoms with E-state index in [1.54, 1.807) is 18.2 Å². The van der Waals surface area contributed by atoms with Gasteiger partial charge in [-0.05, 0) is 30.2 Å². The molecule has 21 heavy (non-hydrogen) atoms. The number of benzene rings is 2. The molecule has 2 aromatic carbocycles. The summed E-state index contributed by atoms with van der Waals surface area (Å²) >= 11 is 17.9. The Labute approximate surface area is 136 Å². The molecule has 0 aliphatic rings. The predicted octanol–water partition coefficient (Wildman–Crippen LogP) is 5.21. The van der Waals surface area contributed by atoms with Gasteiger partial charge in [0.1, 0.15) is 0 Å². The maximum Gasteiger partial charge on any atom is 0.271 e. The second-order valence-corrected chi connectivity index (χ2v) is 5.58. The summed E-state index contributed by atoms with van der Waals surface area (Å²) < 4.78 is 0. The quantitative estimate of drug-likeness (QED) is 0.598. The molecular weight excluding hydrogens is 335 g/mol. The second kappa shape index (κ2) is 6.98. The van der Waals surface area contributed by atoms with E-state index < -0.39 is 4.92 Å². The van der Waals surface area contributed by atoms with Crippen molar-refractivity contribution in [1.29, 1.82) is 0 Å². The monoisotopic (exact) mass is 344 g/mol. The SMILES string of the molecule is O=[N+]([O-])c1ccc(NCCc2ccc(Cl)cc2Cl)c(Cl)c1. The van der Waals surface area contributed by atoms with E-state index in [-0.39, 0.29) is 5.69 Å². The third-order valence-corrected chi connectivity index (χ3v) is 3.79. The van der Waals surface area contributed by atoms with Crippen molar-refractivity contribution in [2.45, 2.75) is 6.42 Å². The lowest BCUT2D eigenvalue weighted by atomic mass is 10.1. The molecule has 0 amide bonds. The molecule has 7 heteroatoms. The van der Waals surface area contributed by atoms with Gasteiger partial charge < -0.3 is 5.32 Å². The maximum atomic E-state index is 10.6. The summed E-state index contributed by atoms with van der Waals surface area (Å²) in [7, 11) is 0. The van der Waals surface area contributed by atoms with Crippen LogP contribution >= 0.6 is 34.8 Å². The summed E-state index contributed by atoms with van der Waals surface area (Å²) in [4.78, 5) is 10.1. The molecule has 0 spiro atoms. The first-order valence-corrected chi connectivity index (χ1v) is 7.22. The lowest BCUT2D eigenvalue weighted by Crippen LogP contribution is -2.05. The Morgan fingerprint density at radius 2 is 1.81 bits per heavy atom. The smallest absolute Gasteiger partial charge is 0.271 e. The minimum atomic E-state index is -0.483. The molecule has 2 aromatic rings. The molecular formula is C14H11Cl3N2O2. The lowest BCUT2D eigenvalue weighted by molar-refractivity contribution is -0.384. The van der Waals surface area contributed by atoms with Gasteiger partial charge in [0, 0.05) is 28.7 Å². The Morgan fingerprint density at radius 1 is 1.05 bits per heavy atom. The van der Waals surface area contributed by atoms with Crippen molar-refractivity contribution < 1.29 is 4.92 Å². The average Bonchev–Trinajstić information content (AvgIpc) is 2.42. The van der Waals surface area contributed by atoms with Crippen molar-refractivity contribution in [1.82, 2.24) is 0 Å². The van der Waals surface area contributed by atoms with Crippen LogP contribution in [0.1, 0.15) is 5.56 Å². The van der Waals surface area contributed by atoms with Crippen LogP contribution < -0.4 is 5.32 Å². The van der Waals surface area contributed by atoms with E-state index in [0.29, 0.717) is 33.7 Å². The van der Waals surface area contributed by atoms with Crippen molar-refractivity contribution in [2.24, 2.45) is 0 Å². The van der Waals surface area contributed by atoms with E-state index in [0.717, 1.165) is 5.56 Å². The van der Waals surface area contributed by atoms with Crippen LogP contribution in [0.3, 0.4) is 0 Å². The fourth-order valence-electron chi connectivity index (χ4n) is 1.82. The van der Waals surface area contributed by atoms with Gasteiger partial charge in [-0.1, -0.05) is 40.9 Å². The first-order valence-electron chi connectivity index (χ1n) is 6.09. The Morgan fingerprint density at radius 3 is 2.43 bits per heavy atom. The van der Waals surface area contributed by atoms with Crippen LogP contribution in [0.25, 0.3) is 0 Å². The Kier molecular flexibility index (Phi) is 5.28. The number of nitrogens with zero attached hydrogens (tertiary/aromatic N) is 1. The molecule has 0 heterocycles. The number of anilines is 1. The Balaban J connectivity index is 1.99. The molecule has 0 aliphatic carbocycles. The molecule has 0 aromatic heterocycles. The normalized spacial score (nSPS) is 10.4. The summed E-state index contributed by atoms with van der Waals surface area (Å²) in [5, 5.41) is 15.3. The molecule has 4 nitrogen and oxygen atoms in total. The highest BCUT2D eigenvalue weighted by Gasteiger charge is 2.09. The summed E-state index contributed by atoms with van der Waals surface area (Å²) in [6.07, 6.45) is 0.684. The van der Waals surface area contributed by atoms with Crippen molar-refractivity contribution in [3.05, 3.63) is 67.1 Å². The first kappa shape index (κ1) is 15.9. The Bertz CT molecular complexity index is 677. The summed E-state index contributed by atoms with van der Waals surface area (Å²) in [5.74, 6) is 0. The maximum absolute atomic E-state index is 10.6. The largest absolute Gasteiger partial charge is 0.384 e. The van der Waals surface area contributed by atoms with Crippen LogP contribution in [0.5, 0.6) is 0 Å². The highest BCUT2D eigenvalue weighted by molar-refractivity contribution is 6.35. The number of halogens is 3. The fraction of sp³-hybridized carbons (Fsp3) is 0.143. The highest BCUT2D eigenvalue weighted by Crippen LogP contribution is 2.27. The number of nitro groups is 1. The molecule has 0 aliphatic heterocycles. The standard InChI is InChI=1S/C14H11Cl3N2O2/c15-10-2-1-9(12(16)7-10)5-6-18-14-4-3-11(19(20)21)8-13(14)17/h1-4,7-8,18H,5-6H2. The molecule has 0 fully saturated rings. The zero-order valence-electron chi connectivity index (χ0n) is 10.8. The molecule has 0 saturated carbocycles. The van der Waals surface area contributed by atoms with E-state index in [1.165, 1.54) is 12.1 Å². The molecule has 2 rings (SSSR count). The van der Waals surface area contributed by atoms with E-state index in [9.17, 15) is 10.1 Å². The van der Waals surface area contributed by atoms with Gasteiger partial charge in [0.05, 0.1) is 15.6 Å². The van der Waals surface area contributed by atoms with Gasteiger partial charge in [-0.15, -0.1) is 0 Å². The third kappa shape index (κ3) is 4.24. The van der Waals surface area contributed by atoms with E-state index in [1.807, 2.05) is 6.07 Å². The predicted molar refractivity (Wildman–Crippen MR) is 86.8 cm³/mol. The van der Waals surface area contributed by atoms with E-state index >= 15 is 0 Å². The van der Waals surface area contributed by atoms with Crippen LogP contribution in [0.2, 0.25) is 15.1 Å². The fourth-order valence-corrected chi connectivity index (χ4v) is 2.56. The number of nitro benzene ring substituents is 1. The number of non-ortho nitro benzene ring substituents is 1. The number of rotatable bonds is 5. The average molecular weight is 346 g/mol. The third-order valence-electron chi connectivity index (χ3n) is 2.89. The summed E-state index contributed by atoms with van der Waals surface area (Å²) in [5.41, 5.74) is 1.57. The molecule has 0 bridgehead atoms. The molecule has 0 unspecified atom stereocenters. The lowest BCUT2D eigenvalue weighted by Gasteiger charge is -2.09. The zero-order valence-corrected chi connectivity index (χ0v) is 13.0. The minimum Gasteiger partial charge on any atom is -0.384 e. The highest BCUT2D eigenvalue weighted by atomic mass is 35.5. The number of hydrogen-bond donors (Lipinski definition) is 1. The van der Waals surface area contributed by atoms with E-state index in [2.05, 4.69) is 5.32 Å². The van der Waals surface area contributed by atoms with Crippen LogP contribution in [-0.2, 0) is 6.42 Å². The first-order chi connectivity index (χ1) is 9.97. The van der Waals surface area contributed by atoms with Gasteiger partial charge in [-0.3, -0.25) is 10.1 Å². The topological polar surface area (TPSA) is 55.2 Å². The van der Waals surface area contributed by atoms with Gasteiger partial charge in [0.15, 0.2) is 0 Å². The van der Waals surface area contributed by atoms with Crippen molar-refractivity contribution in [3.8, 4) is 0 Å². The molecule has 0 atom stereocenters. The molecule has 1 N–H and O–H groups in total. The van der Waals surface area contributed by atoms with Crippen LogP contribution in [0.4, 0.5) is 11.4 Å². The van der Waals surface area contributed by atoms with Gasteiger partial charge in [-0.2, -0.15) is 0 Å². The second-order valence-electron chi connectivity index (χ2n) is 4.33. The zero-order chi connectivity index (χ0) is 15.4. The van der Waals surface area contributed by atoms with Crippen LogP contribution in [0.15, 0.2) is 36.4 Å². The van der Waals surface area contributed by atoms with Crippen molar-refractivity contribution in [2.75, 3.05) is 11.9 Å².